The number of aliphatic carboxylic acids is 1. The van der Waals surface area contributed by atoms with E-state index >= 15 is 0 Å². The molecule has 2 rings (SSSR count). The van der Waals surface area contributed by atoms with Crippen LogP contribution in [0.1, 0.15) is 57.4 Å². The fraction of sp³-hybridized carbons (Fsp3) is 0.579. The molecular formula is C19H24F3NO4. The molecule has 1 aromatic heterocycles. The largest absolute Gasteiger partial charge is 0.492 e. The first-order valence-corrected chi connectivity index (χ1v) is 8.90. The topological polar surface area (TPSA) is 72.6 Å². The zero-order chi connectivity index (χ0) is 20.4. The summed E-state index contributed by atoms with van der Waals surface area (Å²) in [7, 11) is 0. The molecule has 5 nitrogen and oxygen atoms in total. The van der Waals surface area contributed by atoms with Crippen LogP contribution in [0, 0.1) is 5.41 Å². The first kappa shape index (κ1) is 21.1. The van der Waals surface area contributed by atoms with Crippen LogP contribution in [-0.2, 0) is 23.8 Å². The van der Waals surface area contributed by atoms with Gasteiger partial charge < -0.3 is 14.4 Å². The molecule has 27 heavy (non-hydrogen) atoms. The van der Waals surface area contributed by atoms with Crippen molar-refractivity contribution in [3.8, 4) is 5.75 Å². The summed E-state index contributed by atoms with van der Waals surface area (Å²) in [6.07, 6.45) is -2.33. The Morgan fingerprint density at radius 2 is 1.85 bits per heavy atom. The first-order chi connectivity index (χ1) is 12.5. The maximum Gasteiger partial charge on any atom is 0.437 e. The molecule has 0 radical (unpaired) electrons. The van der Waals surface area contributed by atoms with Gasteiger partial charge in [0.1, 0.15) is 12.4 Å². The predicted molar refractivity (Wildman–Crippen MR) is 93.9 cm³/mol. The van der Waals surface area contributed by atoms with Crippen LogP contribution in [0.5, 0.6) is 5.75 Å². The van der Waals surface area contributed by atoms with Crippen LogP contribution in [0.3, 0.4) is 0 Å². The molecule has 0 aliphatic rings. The van der Waals surface area contributed by atoms with Crippen molar-refractivity contribution >= 4 is 16.9 Å². The Bertz CT molecular complexity index is 824. The molecule has 0 bridgehead atoms. The molecule has 0 atom stereocenters. The highest BCUT2D eigenvalue weighted by molar-refractivity contribution is 5.86. The fourth-order valence-electron chi connectivity index (χ4n) is 2.82. The maximum absolute atomic E-state index is 13.3. The van der Waals surface area contributed by atoms with Gasteiger partial charge in [-0.3, -0.25) is 4.79 Å². The highest BCUT2D eigenvalue weighted by Gasteiger charge is 2.38. The fourth-order valence-corrected chi connectivity index (χ4v) is 2.82. The summed E-state index contributed by atoms with van der Waals surface area (Å²) in [5.74, 6) is -0.609. The van der Waals surface area contributed by atoms with Gasteiger partial charge in [0.25, 0.3) is 0 Å². The second-order valence-electron chi connectivity index (χ2n) is 7.23. The average molecular weight is 387 g/mol. The lowest BCUT2D eigenvalue weighted by atomic mass is 9.94. The third kappa shape index (κ3) is 4.36. The zero-order valence-electron chi connectivity index (χ0n) is 15.9. The number of halogens is 3. The van der Waals surface area contributed by atoms with E-state index in [0.717, 1.165) is 0 Å². The molecule has 0 saturated heterocycles. The third-order valence-corrected chi connectivity index (χ3v) is 4.33. The standard InChI is InChI=1S/C19H24F3NO4/c1-5-7-11-9-13-15(27-23-16(13)19(20,21)22)12(8-6-2)14(11)26-10-18(3,4)17(24)25/h9H,5-8,10H2,1-4H3,(H,24,25). The third-order valence-electron chi connectivity index (χ3n) is 4.33. The van der Waals surface area contributed by atoms with E-state index in [1.54, 1.807) is 0 Å². The van der Waals surface area contributed by atoms with Crippen LogP contribution < -0.4 is 4.74 Å². The molecular weight excluding hydrogens is 363 g/mol. The quantitative estimate of drug-likeness (QED) is 0.670. The van der Waals surface area contributed by atoms with E-state index in [-0.39, 0.29) is 17.6 Å². The number of hydrogen-bond acceptors (Lipinski definition) is 4. The van der Waals surface area contributed by atoms with Crippen LogP contribution in [0.4, 0.5) is 13.2 Å². The van der Waals surface area contributed by atoms with E-state index in [1.807, 2.05) is 13.8 Å². The average Bonchev–Trinajstić information content (AvgIpc) is 2.98. The van der Waals surface area contributed by atoms with Gasteiger partial charge in [-0.1, -0.05) is 31.8 Å². The summed E-state index contributed by atoms with van der Waals surface area (Å²) in [6, 6.07) is 1.40. The molecule has 1 heterocycles. The van der Waals surface area contributed by atoms with Crippen molar-refractivity contribution in [2.24, 2.45) is 5.41 Å². The number of alkyl halides is 3. The summed E-state index contributed by atoms with van der Waals surface area (Å²) < 4.78 is 50.7. The van der Waals surface area contributed by atoms with Gasteiger partial charge >= 0.3 is 12.1 Å². The first-order valence-electron chi connectivity index (χ1n) is 8.90. The summed E-state index contributed by atoms with van der Waals surface area (Å²) in [5.41, 5.74) is -1.04. The molecule has 0 spiro atoms. The number of carboxylic acid groups (broad SMARTS) is 1. The summed E-state index contributed by atoms with van der Waals surface area (Å²) >= 11 is 0. The Morgan fingerprint density at radius 1 is 1.22 bits per heavy atom. The van der Waals surface area contributed by atoms with Gasteiger partial charge in [-0.25, -0.2) is 0 Å². The number of benzene rings is 1. The van der Waals surface area contributed by atoms with Gasteiger partial charge in [0, 0.05) is 5.56 Å². The van der Waals surface area contributed by atoms with E-state index in [2.05, 4.69) is 5.16 Å². The van der Waals surface area contributed by atoms with Crippen LogP contribution in [0.2, 0.25) is 0 Å². The molecule has 0 unspecified atom stereocenters. The van der Waals surface area contributed by atoms with Crippen molar-refractivity contribution in [2.75, 3.05) is 6.61 Å². The van der Waals surface area contributed by atoms with Gasteiger partial charge in [-0.2, -0.15) is 13.2 Å². The number of fused-ring (bicyclic) bond motifs is 1. The molecule has 0 aliphatic carbocycles. The van der Waals surface area contributed by atoms with Gasteiger partial charge in [0.05, 0.1) is 10.8 Å². The van der Waals surface area contributed by atoms with Crippen molar-refractivity contribution in [1.29, 1.82) is 0 Å². The van der Waals surface area contributed by atoms with E-state index in [4.69, 9.17) is 9.26 Å². The molecule has 1 aromatic carbocycles. The minimum atomic E-state index is -4.62. The molecule has 8 heteroatoms. The Kier molecular flexibility index (Phi) is 6.07. The van der Waals surface area contributed by atoms with E-state index in [9.17, 15) is 23.1 Å². The number of carboxylic acids is 1. The lowest BCUT2D eigenvalue weighted by Gasteiger charge is -2.23. The van der Waals surface area contributed by atoms with Crippen LogP contribution in [-0.4, -0.2) is 22.8 Å². The lowest BCUT2D eigenvalue weighted by molar-refractivity contribution is -0.148. The summed E-state index contributed by atoms with van der Waals surface area (Å²) in [6.45, 7) is 6.75. The van der Waals surface area contributed by atoms with Crippen LogP contribution >= 0.6 is 0 Å². The second kappa shape index (κ2) is 7.78. The number of nitrogens with zero attached hydrogens (tertiary/aromatic N) is 1. The van der Waals surface area contributed by atoms with Crippen molar-refractivity contribution in [1.82, 2.24) is 5.16 Å². The number of aromatic nitrogens is 1. The van der Waals surface area contributed by atoms with Gasteiger partial charge in [-0.05, 0) is 38.3 Å². The Balaban J connectivity index is 2.64. The summed E-state index contributed by atoms with van der Waals surface area (Å²) in [5, 5.41) is 12.5. The minimum Gasteiger partial charge on any atom is -0.492 e. The van der Waals surface area contributed by atoms with Crippen molar-refractivity contribution in [3.63, 3.8) is 0 Å². The van der Waals surface area contributed by atoms with Crippen molar-refractivity contribution < 1.29 is 32.3 Å². The van der Waals surface area contributed by atoms with E-state index in [1.165, 1.54) is 19.9 Å². The van der Waals surface area contributed by atoms with Crippen LogP contribution in [0.25, 0.3) is 11.0 Å². The Morgan fingerprint density at radius 3 is 2.37 bits per heavy atom. The van der Waals surface area contributed by atoms with E-state index < -0.39 is 23.3 Å². The number of hydrogen-bond donors (Lipinski definition) is 1. The molecule has 0 aliphatic heterocycles. The zero-order valence-corrected chi connectivity index (χ0v) is 15.9. The minimum absolute atomic E-state index is 0.0483. The Labute approximate surface area is 155 Å². The SMILES string of the molecule is CCCc1cc2c(C(F)(F)F)noc2c(CCC)c1OCC(C)(C)C(=O)O. The highest BCUT2D eigenvalue weighted by Crippen LogP contribution is 2.41. The highest BCUT2D eigenvalue weighted by atomic mass is 19.4. The maximum atomic E-state index is 13.3. The van der Waals surface area contributed by atoms with Gasteiger partial charge in [-0.15, -0.1) is 0 Å². The van der Waals surface area contributed by atoms with Crippen molar-refractivity contribution in [2.45, 2.75) is 59.6 Å². The smallest absolute Gasteiger partial charge is 0.437 e. The second-order valence-corrected chi connectivity index (χ2v) is 7.23. The number of aryl methyl sites for hydroxylation is 2. The van der Waals surface area contributed by atoms with Crippen LogP contribution in [0.15, 0.2) is 10.6 Å². The predicted octanol–water partition coefficient (Wildman–Crippen LogP) is 5.24. The van der Waals surface area contributed by atoms with Gasteiger partial charge in [0.2, 0.25) is 0 Å². The molecule has 0 amide bonds. The number of ether oxygens (including phenoxy) is 1. The normalized spacial score (nSPS) is 12.6. The molecule has 2 aromatic rings. The lowest BCUT2D eigenvalue weighted by Crippen LogP contribution is -2.31. The number of rotatable bonds is 8. The molecule has 1 N–H and O–H groups in total. The summed E-state index contributed by atoms with van der Waals surface area (Å²) in [4.78, 5) is 11.4. The van der Waals surface area contributed by atoms with Crippen molar-refractivity contribution in [3.05, 3.63) is 22.9 Å². The number of carbonyl (C=O) groups is 1. The van der Waals surface area contributed by atoms with Gasteiger partial charge in [0.15, 0.2) is 11.3 Å². The molecule has 0 fully saturated rings. The van der Waals surface area contributed by atoms with E-state index in [0.29, 0.717) is 42.6 Å². The Hall–Kier alpha value is -2.25. The molecule has 0 saturated carbocycles. The monoisotopic (exact) mass is 387 g/mol. The molecule has 150 valence electrons.